The van der Waals surface area contributed by atoms with Crippen molar-refractivity contribution in [1.29, 1.82) is 0 Å². The lowest BCUT2D eigenvalue weighted by Crippen LogP contribution is -2.33. The Morgan fingerprint density at radius 3 is 2.82 bits per heavy atom. The van der Waals surface area contributed by atoms with Gasteiger partial charge in [-0.05, 0) is 24.0 Å². The first-order valence-electron chi connectivity index (χ1n) is 9.31. The van der Waals surface area contributed by atoms with Crippen molar-refractivity contribution < 1.29 is 20.1 Å². The van der Waals surface area contributed by atoms with E-state index in [2.05, 4.69) is 32.4 Å². The van der Waals surface area contributed by atoms with Crippen molar-refractivity contribution in [2.24, 2.45) is 0 Å². The molecule has 1 unspecified atom stereocenters. The first-order valence-corrected chi connectivity index (χ1v) is 9.31. The van der Waals surface area contributed by atoms with Crippen LogP contribution < -0.4 is 5.32 Å². The summed E-state index contributed by atoms with van der Waals surface area (Å²) >= 11 is 0. The van der Waals surface area contributed by atoms with Crippen molar-refractivity contribution in [1.82, 2.24) is 19.5 Å². The zero-order chi connectivity index (χ0) is 19.3. The number of hydrogen-bond acceptors (Lipinski definition) is 8. The fourth-order valence-corrected chi connectivity index (χ4v) is 4.13. The fraction of sp³-hybridized carbons (Fsp3) is 0.421. The third kappa shape index (κ3) is 2.67. The van der Waals surface area contributed by atoms with Crippen molar-refractivity contribution in [3.63, 3.8) is 0 Å². The van der Waals surface area contributed by atoms with Gasteiger partial charge in [0.25, 0.3) is 0 Å². The van der Waals surface area contributed by atoms with Crippen molar-refractivity contribution in [3.05, 3.63) is 48.0 Å². The highest BCUT2D eigenvalue weighted by atomic mass is 16.6. The van der Waals surface area contributed by atoms with Crippen LogP contribution in [0.4, 0.5) is 5.82 Å². The van der Waals surface area contributed by atoms with Gasteiger partial charge in [-0.15, -0.1) is 0 Å². The van der Waals surface area contributed by atoms with Gasteiger partial charge >= 0.3 is 0 Å². The first-order chi connectivity index (χ1) is 13.7. The molecule has 9 nitrogen and oxygen atoms in total. The molecule has 0 amide bonds. The Bertz CT molecular complexity index is 1010. The van der Waals surface area contributed by atoms with Crippen molar-refractivity contribution in [3.8, 4) is 0 Å². The summed E-state index contributed by atoms with van der Waals surface area (Å²) in [7, 11) is 0. The highest BCUT2D eigenvalue weighted by Gasteiger charge is 2.44. The monoisotopic (exact) mass is 383 g/mol. The number of aromatic nitrogens is 4. The summed E-state index contributed by atoms with van der Waals surface area (Å²) in [5, 5.41) is 33.1. The third-order valence-electron chi connectivity index (χ3n) is 5.59. The molecule has 0 saturated carbocycles. The van der Waals surface area contributed by atoms with Gasteiger partial charge in [-0.3, -0.25) is 4.57 Å². The molecule has 5 rings (SSSR count). The van der Waals surface area contributed by atoms with E-state index >= 15 is 0 Å². The van der Waals surface area contributed by atoms with Crippen LogP contribution in [0, 0.1) is 0 Å². The molecule has 9 heteroatoms. The molecule has 28 heavy (non-hydrogen) atoms. The van der Waals surface area contributed by atoms with Crippen LogP contribution >= 0.6 is 0 Å². The summed E-state index contributed by atoms with van der Waals surface area (Å²) in [4.78, 5) is 13.1. The number of aryl methyl sites for hydroxylation is 1. The van der Waals surface area contributed by atoms with E-state index < -0.39 is 24.5 Å². The van der Waals surface area contributed by atoms with Crippen LogP contribution in [0.25, 0.3) is 11.2 Å². The molecule has 1 aliphatic heterocycles. The Kier molecular flexibility index (Phi) is 4.24. The van der Waals surface area contributed by atoms with Gasteiger partial charge in [0, 0.05) is 0 Å². The van der Waals surface area contributed by atoms with Crippen LogP contribution in [0.2, 0.25) is 0 Å². The van der Waals surface area contributed by atoms with E-state index in [1.165, 1.54) is 23.8 Å². The number of nitrogens with zero attached hydrogens (tertiary/aromatic N) is 4. The smallest absolute Gasteiger partial charge is 0.167 e. The number of aliphatic hydroxyl groups is 3. The minimum Gasteiger partial charge on any atom is -0.394 e. The Labute approximate surface area is 160 Å². The molecule has 0 bridgehead atoms. The predicted molar refractivity (Wildman–Crippen MR) is 99.5 cm³/mol. The largest absolute Gasteiger partial charge is 0.394 e. The van der Waals surface area contributed by atoms with Crippen LogP contribution in [0.15, 0.2) is 36.9 Å². The lowest BCUT2D eigenvalue weighted by molar-refractivity contribution is -0.0511. The number of fused-ring (bicyclic) bond motifs is 2. The van der Waals surface area contributed by atoms with Crippen LogP contribution in [0.3, 0.4) is 0 Å². The lowest BCUT2D eigenvalue weighted by Gasteiger charge is -2.17. The number of aliphatic hydroxyl groups excluding tert-OH is 3. The number of benzene rings is 1. The lowest BCUT2D eigenvalue weighted by atomic mass is 10.1. The molecule has 5 atom stereocenters. The highest BCUT2D eigenvalue weighted by Crippen LogP contribution is 2.36. The third-order valence-corrected chi connectivity index (χ3v) is 5.59. The zero-order valence-corrected chi connectivity index (χ0v) is 15.0. The number of imidazole rings is 1. The number of nitrogens with one attached hydrogen (secondary N) is 1. The summed E-state index contributed by atoms with van der Waals surface area (Å²) in [5.74, 6) is 0.609. The molecule has 2 aromatic heterocycles. The van der Waals surface area contributed by atoms with E-state index in [1.807, 2.05) is 12.1 Å². The van der Waals surface area contributed by atoms with E-state index in [-0.39, 0.29) is 12.6 Å². The second kappa shape index (κ2) is 6.78. The van der Waals surface area contributed by atoms with Crippen LogP contribution in [0.5, 0.6) is 0 Å². The molecule has 3 aromatic rings. The predicted octanol–water partition coefficient (Wildman–Crippen LogP) is 0.537. The van der Waals surface area contributed by atoms with E-state index in [1.54, 1.807) is 4.57 Å². The molecule has 2 aliphatic rings. The van der Waals surface area contributed by atoms with Crippen LogP contribution in [0.1, 0.15) is 29.8 Å². The molecule has 1 aromatic carbocycles. The number of anilines is 1. The van der Waals surface area contributed by atoms with Crippen molar-refractivity contribution in [2.75, 3.05) is 11.9 Å². The van der Waals surface area contributed by atoms with Gasteiger partial charge in [0.2, 0.25) is 0 Å². The second-order valence-corrected chi connectivity index (χ2v) is 7.21. The standard InChI is InChI=1S/C19H21N5O4/c25-7-13-15(26)16(27)19(28-13)24-9-22-14-17(20-8-21-18(14)24)23-12-6-5-10-3-1-2-4-11(10)12/h1-4,8-9,12-13,15-16,19,25-27H,5-7H2,(H,20,21,23)/t12-,13-,15+,16?,19-/m1/s1. The minimum atomic E-state index is -1.19. The summed E-state index contributed by atoms with van der Waals surface area (Å²) in [5.41, 5.74) is 3.64. The van der Waals surface area contributed by atoms with E-state index in [9.17, 15) is 15.3 Å². The molecular formula is C19H21N5O4. The zero-order valence-electron chi connectivity index (χ0n) is 15.0. The maximum atomic E-state index is 10.3. The quantitative estimate of drug-likeness (QED) is 0.514. The molecule has 3 heterocycles. The van der Waals surface area contributed by atoms with Crippen LogP contribution in [-0.2, 0) is 11.2 Å². The van der Waals surface area contributed by atoms with Gasteiger partial charge in [-0.25, -0.2) is 15.0 Å². The topological polar surface area (TPSA) is 126 Å². The van der Waals surface area contributed by atoms with Gasteiger partial charge in [0.15, 0.2) is 23.2 Å². The molecule has 0 radical (unpaired) electrons. The van der Waals surface area contributed by atoms with E-state index in [0.717, 1.165) is 12.8 Å². The number of hydrogen-bond donors (Lipinski definition) is 4. The molecule has 1 saturated heterocycles. The first kappa shape index (κ1) is 17.5. The summed E-state index contributed by atoms with van der Waals surface area (Å²) in [6, 6.07) is 8.49. The molecule has 1 fully saturated rings. The Morgan fingerprint density at radius 1 is 1.14 bits per heavy atom. The normalized spacial score (nSPS) is 29.3. The number of rotatable bonds is 4. The van der Waals surface area contributed by atoms with E-state index in [4.69, 9.17) is 4.74 Å². The van der Waals surface area contributed by atoms with Gasteiger partial charge in [0.05, 0.1) is 19.0 Å². The van der Waals surface area contributed by atoms with Crippen molar-refractivity contribution in [2.45, 2.75) is 43.4 Å². The number of ether oxygens (including phenoxy) is 1. The van der Waals surface area contributed by atoms with Gasteiger partial charge < -0.3 is 25.4 Å². The minimum absolute atomic E-state index is 0.147. The average molecular weight is 383 g/mol. The molecule has 1 aliphatic carbocycles. The van der Waals surface area contributed by atoms with Crippen LogP contribution in [-0.4, -0.2) is 59.8 Å². The highest BCUT2D eigenvalue weighted by molar-refractivity contribution is 5.83. The molecule has 0 spiro atoms. The molecule has 4 N–H and O–H groups in total. The Hall–Kier alpha value is -2.59. The summed E-state index contributed by atoms with van der Waals surface area (Å²) < 4.78 is 7.16. The maximum absolute atomic E-state index is 10.3. The Morgan fingerprint density at radius 2 is 2.00 bits per heavy atom. The fourth-order valence-electron chi connectivity index (χ4n) is 4.13. The Balaban J connectivity index is 1.47. The SMILES string of the molecule is OC[C@H]1O[C@@H](n2cnc3c(N[C@@H]4CCc5ccccc54)ncnc32)C(O)[C@H]1O. The van der Waals surface area contributed by atoms with E-state index in [0.29, 0.717) is 17.0 Å². The molecule has 146 valence electrons. The average Bonchev–Trinajstić information content (AvgIpc) is 3.40. The maximum Gasteiger partial charge on any atom is 0.167 e. The van der Waals surface area contributed by atoms with Gasteiger partial charge in [0.1, 0.15) is 24.6 Å². The summed E-state index contributed by atoms with van der Waals surface area (Å²) in [6.45, 7) is -0.385. The van der Waals surface area contributed by atoms with Crippen molar-refractivity contribution >= 4 is 17.0 Å². The second-order valence-electron chi connectivity index (χ2n) is 7.21. The summed E-state index contributed by atoms with van der Waals surface area (Å²) in [6.07, 6.45) is 0.821. The van der Waals surface area contributed by atoms with Gasteiger partial charge in [-0.2, -0.15) is 0 Å². The van der Waals surface area contributed by atoms with Gasteiger partial charge in [-0.1, -0.05) is 24.3 Å². The molecular weight excluding hydrogens is 362 g/mol.